The number of anilines is 1. The Morgan fingerprint density at radius 1 is 1.23 bits per heavy atom. The molecule has 3 heterocycles. The third kappa shape index (κ3) is 3.47. The highest BCUT2D eigenvalue weighted by molar-refractivity contribution is 5.97. The van der Waals surface area contributed by atoms with E-state index in [0.717, 1.165) is 41.0 Å². The largest absolute Gasteiger partial charge is 0.482 e. The van der Waals surface area contributed by atoms with Gasteiger partial charge in [0, 0.05) is 28.9 Å². The Bertz CT molecular complexity index is 1180. The summed E-state index contributed by atoms with van der Waals surface area (Å²) in [5.41, 5.74) is 4.13. The van der Waals surface area contributed by atoms with Crippen LogP contribution in [0.3, 0.4) is 0 Å². The number of halogens is 1. The predicted molar refractivity (Wildman–Crippen MR) is 117 cm³/mol. The molecule has 6 rings (SSSR count). The highest BCUT2D eigenvalue weighted by atomic mass is 19.1. The van der Waals surface area contributed by atoms with Crippen LogP contribution in [0.1, 0.15) is 37.4 Å². The minimum absolute atomic E-state index is 0.107. The van der Waals surface area contributed by atoms with E-state index in [1.807, 2.05) is 12.1 Å². The number of hydrogen-bond acceptors (Lipinski definition) is 4. The molecule has 2 atom stereocenters. The number of aromatic nitrogens is 2. The maximum absolute atomic E-state index is 13.9. The number of morpholine rings is 1. The molecule has 0 amide bonds. The summed E-state index contributed by atoms with van der Waals surface area (Å²) >= 11 is 0. The SMILES string of the molecule is C[C@@H]1C[N+](=C2COc3cc(F)ccc3[C@@H]2Nc2cccc3nn(C4CC4)cc23)CCO1. The highest BCUT2D eigenvalue weighted by Gasteiger charge is 2.36. The zero-order valence-corrected chi connectivity index (χ0v) is 17.6. The molecule has 6 nitrogen and oxygen atoms in total. The van der Waals surface area contributed by atoms with Gasteiger partial charge in [0.1, 0.15) is 30.3 Å². The predicted octanol–water partition coefficient (Wildman–Crippen LogP) is 3.93. The van der Waals surface area contributed by atoms with Gasteiger partial charge in [-0.15, -0.1) is 0 Å². The van der Waals surface area contributed by atoms with E-state index in [4.69, 9.17) is 14.6 Å². The Kier molecular flexibility index (Phi) is 4.45. The van der Waals surface area contributed by atoms with Crippen LogP contribution in [0.5, 0.6) is 5.75 Å². The first-order valence-corrected chi connectivity index (χ1v) is 11.0. The van der Waals surface area contributed by atoms with E-state index in [2.05, 4.69) is 39.8 Å². The topological polar surface area (TPSA) is 51.3 Å². The van der Waals surface area contributed by atoms with Gasteiger partial charge < -0.3 is 14.8 Å². The van der Waals surface area contributed by atoms with E-state index in [-0.39, 0.29) is 18.0 Å². The number of benzene rings is 2. The second kappa shape index (κ2) is 7.34. The molecule has 2 aromatic carbocycles. The highest BCUT2D eigenvalue weighted by Crippen LogP contribution is 2.38. The first kappa shape index (κ1) is 18.8. The molecule has 1 saturated carbocycles. The minimum atomic E-state index is -0.284. The minimum Gasteiger partial charge on any atom is -0.482 e. The Morgan fingerprint density at radius 3 is 2.97 bits per heavy atom. The van der Waals surface area contributed by atoms with Crippen LogP contribution >= 0.6 is 0 Å². The molecule has 2 fully saturated rings. The second-order valence-corrected chi connectivity index (χ2v) is 8.75. The number of nitrogens with one attached hydrogen (secondary N) is 1. The lowest BCUT2D eigenvalue weighted by Crippen LogP contribution is -2.44. The standard InChI is InChI=1S/C24H26FN4O2/c1-15-12-28(9-10-30-15)22-14-31-23-11-16(25)5-8-18(23)24(22)26-20-3-2-4-21-19(20)13-29(27-21)17-6-7-17/h2-5,8,11,13,15,17,24,26H,6-7,9-10,12,14H2,1H3/q+1/t15-,24+/m1/s1. The molecular formula is C24H26FN4O2+. The molecule has 0 bridgehead atoms. The molecule has 3 aromatic rings. The molecule has 1 aliphatic carbocycles. The smallest absolute Gasteiger partial charge is 0.217 e. The monoisotopic (exact) mass is 421 g/mol. The van der Waals surface area contributed by atoms with Gasteiger partial charge >= 0.3 is 0 Å². The summed E-state index contributed by atoms with van der Waals surface area (Å²) in [6.45, 7) is 4.85. The van der Waals surface area contributed by atoms with Crippen LogP contribution in [-0.2, 0) is 4.74 Å². The van der Waals surface area contributed by atoms with Gasteiger partial charge in [0.05, 0.1) is 11.6 Å². The zero-order valence-electron chi connectivity index (χ0n) is 17.6. The third-order valence-corrected chi connectivity index (χ3v) is 6.43. The Hall–Kier alpha value is -2.93. The molecule has 1 saturated heterocycles. The van der Waals surface area contributed by atoms with Crippen molar-refractivity contribution in [1.29, 1.82) is 0 Å². The maximum atomic E-state index is 13.9. The third-order valence-electron chi connectivity index (χ3n) is 6.43. The van der Waals surface area contributed by atoms with Crippen LogP contribution in [0, 0.1) is 5.82 Å². The van der Waals surface area contributed by atoms with E-state index in [1.165, 1.54) is 25.0 Å². The molecule has 0 spiro atoms. The number of rotatable bonds is 3. The average molecular weight is 421 g/mol. The maximum Gasteiger partial charge on any atom is 0.217 e. The van der Waals surface area contributed by atoms with E-state index in [1.54, 1.807) is 0 Å². The quantitative estimate of drug-likeness (QED) is 0.651. The summed E-state index contributed by atoms with van der Waals surface area (Å²) in [4.78, 5) is 0. The van der Waals surface area contributed by atoms with Crippen molar-refractivity contribution in [1.82, 2.24) is 9.78 Å². The summed E-state index contributed by atoms with van der Waals surface area (Å²) in [7, 11) is 0. The summed E-state index contributed by atoms with van der Waals surface area (Å²) < 4.78 is 30.1. The summed E-state index contributed by atoms with van der Waals surface area (Å²) in [6, 6.07) is 11.4. The van der Waals surface area contributed by atoms with Crippen LogP contribution in [-0.4, -0.2) is 52.5 Å². The van der Waals surface area contributed by atoms with Crippen molar-refractivity contribution in [2.24, 2.45) is 0 Å². The van der Waals surface area contributed by atoms with Crippen LogP contribution in [0.15, 0.2) is 42.6 Å². The van der Waals surface area contributed by atoms with E-state index >= 15 is 0 Å². The molecule has 160 valence electrons. The lowest BCUT2D eigenvalue weighted by Gasteiger charge is -2.30. The van der Waals surface area contributed by atoms with Crippen molar-refractivity contribution in [2.45, 2.75) is 38.0 Å². The first-order chi connectivity index (χ1) is 15.2. The van der Waals surface area contributed by atoms with Crippen molar-refractivity contribution in [2.75, 3.05) is 31.6 Å². The fraction of sp³-hybridized carbons (Fsp3) is 0.417. The molecule has 3 aliphatic rings. The van der Waals surface area contributed by atoms with Gasteiger partial charge in [0.15, 0.2) is 19.7 Å². The van der Waals surface area contributed by atoms with Gasteiger partial charge in [-0.05, 0) is 44.0 Å². The van der Waals surface area contributed by atoms with Crippen LogP contribution in [0.2, 0.25) is 0 Å². The van der Waals surface area contributed by atoms with Gasteiger partial charge in [-0.2, -0.15) is 5.10 Å². The van der Waals surface area contributed by atoms with E-state index in [0.29, 0.717) is 25.0 Å². The molecule has 0 radical (unpaired) electrons. The second-order valence-electron chi connectivity index (χ2n) is 8.75. The molecule has 2 aliphatic heterocycles. The van der Waals surface area contributed by atoms with Gasteiger partial charge in [-0.3, -0.25) is 4.68 Å². The van der Waals surface area contributed by atoms with E-state index in [9.17, 15) is 4.39 Å². The Morgan fingerprint density at radius 2 is 2.13 bits per heavy atom. The van der Waals surface area contributed by atoms with Crippen molar-refractivity contribution in [3.05, 3.63) is 54.0 Å². The average Bonchev–Trinajstić information content (AvgIpc) is 3.52. The Labute approximate surface area is 180 Å². The van der Waals surface area contributed by atoms with Crippen LogP contribution < -0.4 is 10.1 Å². The fourth-order valence-electron chi connectivity index (χ4n) is 4.67. The van der Waals surface area contributed by atoms with Gasteiger partial charge in [0.2, 0.25) is 5.71 Å². The van der Waals surface area contributed by atoms with Crippen molar-refractivity contribution in [3.8, 4) is 5.75 Å². The molecule has 1 N–H and O–H groups in total. The fourth-order valence-corrected chi connectivity index (χ4v) is 4.67. The zero-order chi connectivity index (χ0) is 20.9. The van der Waals surface area contributed by atoms with Gasteiger partial charge in [-0.25, -0.2) is 8.97 Å². The van der Waals surface area contributed by atoms with Crippen LogP contribution in [0.25, 0.3) is 10.9 Å². The summed E-state index contributed by atoms with van der Waals surface area (Å²) in [5.74, 6) is 0.317. The number of nitrogens with zero attached hydrogens (tertiary/aromatic N) is 3. The van der Waals surface area contributed by atoms with Crippen molar-refractivity contribution >= 4 is 22.3 Å². The molecular weight excluding hydrogens is 395 g/mol. The Balaban J connectivity index is 1.44. The van der Waals surface area contributed by atoms with Gasteiger partial charge in [0.25, 0.3) is 0 Å². The molecule has 7 heteroatoms. The molecule has 0 unspecified atom stereocenters. The first-order valence-electron chi connectivity index (χ1n) is 11.0. The lowest BCUT2D eigenvalue weighted by molar-refractivity contribution is -0.560. The molecule has 31 heavy (non-hydrogen) atoms. The number of ether oxygens (including phenoxy) is 2. The van der Waals surface area contributed by atoms with Crippen molar-refractivity contribution < 1.29 is 18.4 Å². The lowest BCUT2D eigenvalue weighted by atomic mass is 9.97. The molecule has 1 aromatic heterocycles. The number of hydrogen-bond donors (Lipinski definition) is 1. The van der Waals surface area contributed by atoms with Crippen LogP contribution in [0.4, 0.5) is 10.1 Å². The summed E-state index contributed by atoms with van der Waals surface area (Å²) in [6.07, 6.45) is 4.71. The van der Waals surface area contributed by atoms with E-state index < -0.39 is 0 Å². The normalized spacial score (nSPS) is 25.9. The van der Waals surface area contributed by atoms with Crippen molar-refractivity contribution in [3.63, 3.8) is 0 Å². The van der Waals surface area contributed by atoms with Gasteiger partial charge in [-0.1, -0.05) is 6.07 Å². The number of fused-ring (bicyclic) bond motifs is 2. The summed E-state index contributed by atoms with van der Waals surface area (Å²) in [5, 5.41) is 9.64.